The molecule has 0 spiro atoms. The molecule has 8 nitrogen and oxygen atoms in total. The van der Waals surface area contributed by atoms with Crippen LogP contribution in [0.4, 0.5) is 5.13 Å². The number of rotatable bonds is 8. The van der Waals surface area contributed by atoms with Gasteiger partial charge in [0, 0.05) is 16.9 Å². The van der Waals surface area contributed by atoms with Gasteiger partial charge in [-0.1, -0.05) is 53.8 Å². The van der Waals surface area contributed by atoms with Crippen LogP contribution in [0.15, 0.2) is 55.8 Å². The molecule has 2 heterocycles. The highest BCUT2D eigenvalue weighted by Crippen LogP contribution is 2.27. The third kappa shape index (κ3) is 6.18. The monoisotopic (exact) mass is 494 g/mol. The molecule has 0 aliphatic heterocycles. The van der Waals surface area contributed by atoms with E-state index in [2.05, 4.69) is 15.5 Å². The van der Waals surface area contributed by atoms with Gasteiger partial charge < -0.3 is 4.42 Å². The molecule has 0 atom stereocenters. The van der Waals surface area contributed by atoms with Crippen LogP contribution in [0, 0.1) is 11.3 Å². The molecule has 160 valence electrons. The van der Waals surface area contributed by atoms with Crippen LogP contribution in [0.5, 0.6) is 0 Å². The van der Waals surface area contributed by atoms with Gasteiger partial charge in [-0.3, -0.25) is 10.1 Å². The number of hydrogen-bond donors (Lipinski definition) is 1. The number of halogens is 1. The Morgan fingerprint density at radius 1 is 1.29 bits per heavy atom. The molecule has 12 heteroatoms. The second-order valence-electron chi connectivity index (χ2n) is 5.97. The lowest BCUT2D eigenvalue weighted by molar-refractivity contribution is -0.112. The van der Waals surface area contributed by atoms with Crippen molar-refractivity contribution in [2.24, 2.45) is 0 Å². The molecule has 0 fully saturated rings. The highest BCUT2D eigenvalue weighted by Gasteiger charge is 2.20. The van der Waals surface area contributed by atoms with Crippen LogP contribution in [-0.2, 0) is 20.4 Å². The summed E-state index contributed by atoms with van der Waals surface area (Å²) >= 11 is 8.05. The third-order valence-corrected chi connectivity index (χ3v) is 8.07. The van der Waals surface area contributed by atoms with E-state index in [4.69, 9.17) is 16.0 Å². The summed E-state index contributed by atoms with van der Waals surface area (Å²) in [6.07, 6.45) is 1.30. The maximum Gasteiger partial charge on any atom is 0.268 e. The molecule has 0 bridgehead atoms. The molecule has 31 heavy (non-hydrogen) atoms. The van der Waals surface area contributed by atoms with Gasteiger partial charge in [-0.25, -0.2) is 8.42 Å². The van der Waals surface area contributed by atoms with Gasteiger partial charge in [-0.05, 0) is 29.8 Å². The second kappa shape index (κ2) is 10.1. The van der Waals surface area contributed by atoms with E-state index >= 15 is 0 Å². The van der Waals surface area contributed by atoms with Crippen molar-refractivity contribution in [1.29, 1.82) is 5.26 Å². The molecule has 2 aromatic heterocycles. The first kappa shape index (κ1) is 23.0. The van der Waals surface area contributed by atoms with E-state index in [-0.39, 0.29) is 20.8 Å². The van der Waals surface area contributed by atoms with Crippen molar-refractivity contribution in [2.75, 3.05) is 11.1 Å². The van der Waals surface area contributed by atoms with E-state index in [1.165, 1.54) is 24.8 Å². The zero-order chi connectivity index (χ0) is 22.4. The van der Waals surface area contributed by atoms with Crippen LogP contribution in [0.1, 0.15) is 18.2 Å². The maximum absolute atomic E-state index is 12.4. The summed E-state index contributed by atoms with van der Waals surface area (Å²) in [6, 6.07) is 12.6. The summed E-state index contributed by atoms with van der Waals surface area (Å²) in [4.78, 5) is 12.4. The lowest BCUT2D eigenvalue weighted by atomic mass is 10.2. The minimum absolute atomic E-state index is 0.0168. The van der Waals surface area contributed by atoms with Crippen molar-refractivity contribution in [1.82, 2.24) is 10.2 Å². The molecule has 3 rings (SSSR count). The van der Waals surface area contributed by atoms with Crippen LogP contribution >= 0.6 is 34.7 Å². The van der Waals surface area contributed by atoms with E-state index in [9.17, 15) is 18.5 Å². The number of aromatic nitrogens is 2. The molecule has 0 saturated heterocycles. The smallest absolute Gasteiger partial charge is 0.268 e. The standard InChI is InChI=1S/C19H15ClN4O4S3/c1-2-31(26,27)19-24-23-18(30-19)22-17(25)13(10-21)9-15-7-8-16(28-15)29-11-12-3-5-14(20)6-4-12/h3-9H,2,11H2,1H3,(H,22,23,25). The fraction of sp³-hybridized carbons (Fsp3) is 0.158. The minimum atomic E-state index is -3.52. The number of anilines is 1. The maximum atomic E-state index is 12.4. The predicted molar refractivity (Wildman–Crippen MR) is 120 cm³/mol. The number of nitriles is 1. The number of benzene rings is 1. The van der Waals surface area contributed by atoms with Gasteiger partial charge in [0.1, 0.15) is 17.4 Å². The highest BCUT2D eigenvalue weighted by molar-refractivity contribution is 7.98. The summed E-state index contributed by atoms with van der Waals surface area (Å²) in [5, 5.41) is 20.2. The van der Waals surface area contributed by atoms with Crippen LogP contribution in [0.3, 0.4) is 0 Å². The summed E-state index contributed by atoms with van der Waals surface area (Å²) in [5.74, 6) is 0.123. The molecule has 0 radical (unpaired) electrons. The molecule has 0 saturated carbocycles. The Bertz CT molecular complexity index is 1260. The van der Waals surface area contributed by atoms with Gasteiger partial charge in [-0.15, -0.1) is 10.2 Å². The van der Waals surface area contributed by atoms with Crippen molar-refractivity contribution in [3.05, 3.63) is 58.3 Å². The van der Waals surface area contributed by atoms with Crippen molar-refractivity contribution >= 4 is 61.7 Å². The lowest BCUT2D eigenvalue weighted by Crippen LogP contribution is -2.13. The van der Waals surface area contributed by atoms with Crippen molar-refractivity contribution in [3.63, 3.8) is 0 Å². The molecule has 3 aromatic rings. The van der Waals surface area contributed by atoms with Gasteiger partial charge >= 0.3 is 0 Å². The SMILES string of the molecule is CCS(=O)(=O)c1nnc(NC(=O)C(C#N)=Cc2ccc(SCc3ccc(Cl)cc3)o2)s1. The fourth-order valence-electron chi connectivity index (χ4n) is 2.19. The van der Waals surface area contributed by atoms with Crippen LogP contribution in [0.25, 0.3) is 6.08 Å². The Morgan fingerprint density at radius 2 is 2.03 bits per heavy atom. The molecular weight excluding hydrogens is 480 g/mol. The number of carbonyl (C=O) groups is 1. The van der Waals surface area contributed by atoms with E-state index in [0.29, 0.717) is 21.6 Å². The summed E-state index contributed by atoms with van der Waals surface area (Å²) in [7, 11) is -3.52. The molecule has 1 N–H and O–H groups in total. The second-order valence-corrected chi connectivity index (χ2v) is 10.8. The van der Waals surface area contributed by atoms with Crippen molar-refractivity contribution in [2.45, 2.75) is 22.1 Å². The molecule has 0 aliphatic rings. The number of amides is 1. The summed E-state index contributed by atoms with van der Waals surface area (Å²) in [6.45, 7) is 1.48. The number of furan rings is 1. The van der Waals surface area contributed by atoms with Gasteiger partial charge in [0.2, 0.25) is 19.3 Å². The number of hydrogen-bond acceptors (Lipinski definition) is 9. The Labute approximate surface area is 191 Å². The van der Waals surface area contributed by atoms with Gasteiger partial charge in [0.05, 0.1) is 5.75 Å². The van der Waals surface area contributed by atoms with Crippen molar-refractivity contribution in [3.8, 4) is 6.07 Å². The van der Waals surface area contributed by atoms with Crippen LogP contribution in [-0.4, -0.2) is 30.3 Å². The summed E-state index contributed by atoms with van der Waals surface area (Å²) < 4.78 is 29.1. The Balaban J connectivity index is 1.65. The number of carbonyl (C=O) groups excluding carboxylic acids is 1. The topological polar surface area (TPSA) is 126 Å². The minimum Gasteiger partial charge on any atom is -0.450 e. The highest BCUT2D eigenvalue weighted by atomic mass is 35.5. The summed E-state index contributed by atoms with van der Waals surface area (Å²) in [5.41, 5.74) is 0.847. The zero-order valence-corrected chi connectivity index (χ0v) is 19.2. The third-order valence-electron chi connectivity index (χ3n) is 3.82. The molecule has 1 amide bonds. The predicted octanol–water partition coefficient (Wildman–Crippen LogP) is 4.42. The Hall–Kier alpha value is -2.65. The van der Waals surface area contributed by atoms with Gasteiger partial charge in [0.25, 0.3) is 5.91 Å². The molecular formula is C19H15ClN4O4S3. The van der Waals surface area contributed by atoms with E-state index < -0.39 is 15.7 Å². The van der Waals surface area contributed by atoms with Gasteiger partial charge in [-0.2, -0.15) is 5.26 Å². The average molecular weight is 495 g/mol. The van der Waals surface area contributed by atoms with Gasteiger partial charge in [0.15, 0.2) is 5.09 Å². The first-order valence-electron chi connectivity index (χ1n) is 8.77. The number of nitrogens with one attached hydrogen (secondary N) is 1. The first-order valence-corrected chi connectivity index (χ1v) is 12.6. The van der Waals surface area contributed by atoms with E-state index in [1.54, 1.807) is 18.2 Å². The first-order chi connectivity index (χ1) is 14.8. The molecule has 1 aromatic carbocycles. The lowest BCUT2D eigenvalue weighted by Gasteiger charge is -2.00. The van der Waals surface area contributed by atoms with Crippen LogP contribution < -0.4 is 5.32 Å². The molecule has 0 unspecified atom stereocenters. The zero-order valence-electron chi connectivity index (χ0n) is 16.0. The quantitative estimate of drug-likeness (QED) is 0.211. The molecule has 0 aliphatic carbocycles. The van der Waals surface area contributed by atoms with Crippen LogP contribution in [0.2, 0.25) is 5.02 Å². The largest absolute Gasteiger partial charge is 0.450 e. The fourth-order valence-corrected chi connectivity index (χ4v) is 5.12. The normalized spacial score (nSPS) is 11.8. The van der Waals surface area contributed by atoms with Crippen molar-refractivity contribution < 1.29 is 17.6 Å². The number of sulfone groups is 1. The van der Waals surface area contributed by atoms with E-state index in [1.807, 2.05) is 24.3 Å². The average Bonchev–Trinajstić information content (AvgIpc) is 3.41. The number of nitrogens with zero attached hydrogens (tertiary/aromatic N) is 3. The Morgan fingerprint density at radius 3 is 2.71 bits per heavy atom. The van der Waals surface area contributed by atoms with E-state index in [0.717, 1.165) is 16.9 Å². The Kier molecular flexibility index (Phi) is 7.50. The number of thioether (sulfide) groups is 1.